The van der Waals surface area contributed by atoms with Crippen molar-refractivity contribution in [3.8, 4) is 0 Å². The normalized spacial score (nSPS) is 27.4. The van der Waals surface area contributed by atoms with E-state index in [1.165, 1.54) is 0 Å². The fourth-order valence-corrected chi connectivity index (χ4v) is 2.48. The minimum atomic E-state index is -0.695. The summed E-state index contributed by atoms with van der Waals surface area (Å²) in [6.45, 7) is 5.94. The van der Waals surface area contributed by atoms with Crippen molar-refractivity contribution in [1.29, 1.82) is 0 Å². The second-order valence-corrected chi connectivity index (χ2v) is 4.85. The molecule has 15 heavy (non-hydrogen) atoms. The van der Waals surface area contributed by atoms with Gasteiger partial charge < -0.3 is 5.11 Å². The molecule has 3 nitrogen and oxygen atoms in total. The van der Waals surface area contributed by atoms with Crippen LogP contribution in [0.4, 0.5) is 0 Å². The van der Waals surface area contributed by atoms with Crippen LogP contribution in [0.5, 0.6) is 0 Å². The highest BCUT2D eigenvalue weighted by molar-refractivity contribution is 5.77. The summed E-state index contributed by atoms with van der Waals surface area (Å²) in [7, 11) is 0. The molecular weight excluding hydrogens is 190 g/mol. The molecule has 0 radical (unpaired) electrons. The second-order valence-electron chi connectivity index (χ2n) is 4.85. The number of nitrogens with zero attached hydrogens (tertiary/aromatic N) is 1. The van der Waals surface area contributed by atoms with Crippen LogP contribution in [0.3, 0.4) is 0 Å². The fourth-order valence-electron chi connectivity index (χ4n) is 2.48. The Bertz CT molecular complexity index is 412. The highest BCUT2D eigenvalue weighted by Gasteiger charge is 2.62. The van der Waals surface area contributed by atoms with Crippen LogP contribution >= 0.6 is 0 Å². The smallest absolute Gasteiger partial charge is 0.307 e. The maximum Gasteiger partial charge on any atom is 0.307 e. The van der Waals surface area contributed by atoms with Crippen molar-refractivity contribution in [2.45, 2.75) is 26.7 Å². The molecule has 1 aliphatic carbocycles. The van der Waals surface area contributed by atoms with Gasteiger partial charge in [0.05, 0.1) is 5.92 Å². The summed E-state index contributed by atoms with van der Waals surface area (Å²) in [6.07, 6.45) is 1.75. The van der Waals surface area contributed by atoms with Crippen LogP contribution in [0.15, 0.2) is 18.3 Å². The van der Waals surface area contributed by atoms with Crippen molar-refractivity contribution < 1.29 is 9.90 Å². The van der Waals surface area contributed by atoms with Gasteiger partial charge in [0.25, 0.3) is 0 Å². The number of carboxylic acid groups (broad SMARTS) is 1. The molecule has 1 heterocycles. The highest BCUT2D eigenvalue weighted by atomic mass is 16.4. The molecule has 0 amide bonds. The van der Waals surface area contributed by atoms with Crippen molar-refractivity contribution in [2.75, 3.05) is 0 Å². The Morgan fingerprint density at radius 3 is 2.67 bits per heavy atom. The average molecular weight is 205 g/mol. The van der Waals surface area contributed by atoms with Crippen LogP contribution in [0.2, 0.25) is 0 Å². The van der Waals surface area contributed by atoms with Crippen LogP contribution in [0.1, 0.15) is 31.0 Å². The average Bonchev–Trinajstić information content (AvgIpc) is 2.69. The van der Waals surface area contributed by atoms with Gasteiger partial charge in [0.1, 0.15) is 0 Å². The first-order valence-corrected chi connectivity index (χ1v) is 5.10. The number of carboxylic acids is 1. The van der Waals surface area contributed by atoms with E-state index in [1.54, 1.807) is 6.20 Å². The zero-order chi connectivity index (χ0) is 11.2. The molecule has 2 unspecified atom stereocenters. The minimum absolute atomic E-state index is 0.125. The third-order valence-electron chi connectivity index (χ3n) is 3.37. The molecule has 1 fully saturated rings. The van der Waals surface area contributed by atoms with Gasteiger partial charge in [0, 0.05) is 17.8 Å². The summed E-state index contributed by atoms with van der Waals surface area (Å²) >= 11 is 0. The highest BCUT2D eigenvalue weighted by Crippen LogP contribution is 2.64. The van der Waals surface area contributed by atoms with Crippen molar-refractivity contribution in [3.63, 3.8) is 0 Å². The van der Waals surface area contributed by atoms with Crippen LogP contribution in [-0.2, 0) is 4.79 Å². The molecule has 80 valence electrons. The van der Waals surface area contributed by atoms with Gasteiger partial charge in [-0.3, -0.25) is 9.78 Å². The van der Waals surface area contributed by atoms with E-state index in [1.807, 2.05) is 32.9 Å². The molecule has 0 spiro atoms. The van der Waals surface area contributed by atoms with Gasteiger partial charge in [-0.05, 0) is 30.0 Å². The van der Waals surface area contributed by atoms with Gasteiger partial charge in [-0.2, -0.15) is 0 Å². The minimum Gasteiger partial charge on any atom is -0.481 e. The van der Waals surface area contributed by atoms with Gasteiger partial charge in [0.15, 0.2) is 0 Å². The number of aliphatic carboxylic acids is 1. The zero-order valence-corrected chi connectivity index (χ0v) is 9.19. The predicted molar refractivity (Wildman–Crippen MR) is 56.6 cm³/mol. The zero-order valence-electron chi connectivity index (χ0n) is 9.19. The summed E-state index contributed by atoms with van der Waals surface area (Å²) in [4.78, 5) is 15.2. The summed E-state index contributed by atoms with van der Waals surface area (Å²) in [5, 5.41) is 9.07. The SMILES string of the molecule is Cc1cc(C2C(C(=O)O)C2(C)C)ccn1. The van der Waals surface area contributed by atoms with Crippen molar-refractivity contribution in [2.24, 2.45) is 11.3 Å². The molecule has 0 aromatic carbocycles. The van der Waals surface area contributed by atoms with E-state index in [-0.39, 0.29) is 17.3 Å². The Kier molecular flexibility index (Phi) is 2.07. The fraction of sp³-hybridized carbons (Fsp3) is 0.500. The van der Waals surface area contributed by atoms with Crippen LogP contribution in [0, 0.1) is 18.3 Å². The lowest BCUT2D eigenvalue weighted by atomic mass is 10.0. The van der Waals surface area contributed by atoms with Crippen LogP contribution in [-0.4, -0.2) is 16.1 Å². The number of rotatable bonds is 2. The molecule has 1 saturated carbocycles. The van der Waals surface area contributed by atoms with Gasteiger partial charge in [-0.25, -0.2) is 0 Å². The number of aromatic nitrogens is 1. The summed E-state index contributed by atoms with van der Waals surface area (Å²) < 4.78 is 0. The molecule has 1 aromatic rings. The standard InChI is InChI=1S/C12H15NO2/c1-7-6-8(4-5-13-7)9-10(11(14)15)12(9,2)3/h4-6,9-10H,1-3H3,(H,14,15). The number of hydrogen-bond donors (Lipinski definition) is 1. The molecule has 3 heteroatoms. The second kappa shape index (κ2) is 3.05. The van der Waals surface area contributed by atoms with E-state index in [0.29, 0.717) is 0 Å². The Labute approximate surface area is 89.2 Å². The maximum atomic E-state index is 11.0. The van der Waals surface area contributed by atoms with E-state index in [9.17, 15) is 4.79 Å². The molecule has 1 aliphatic rings. The van der Waals surface area contributed by atoms with Crippen LogP contribution in [0.25, 0.3) is 0 Å². The van der Waals surface area contributed by atoms with E-state index >= 15 is 0 Å². The van der Waals surface area contributed by atoms with E-state index in [4.69, 9.17) is 5.11 Å². The number of aryl methyl sites for hydroxylation is 1. The number of pyridine rings is 1. The molecular formula is C12H15NO2. The molecule has 0 bridgehead atoms. The Hall–Kier alpha value is -1.38. The molecule has 1 N–H and O–H groups in total. The predicted octanol–water partition coefficient (Wildman–Crippen LogP) is 2.21. The molecule has 0 saturated heterocycles. The van der Waals surface area contributed by atoms with Gasteiger partial charge in [-0.15, -0.1) is 0 Å². The van der Waals surface area contributed by atoms with Crippen LogP contribution < -0.4 is 0 Å². The lowest BCUT2D eigenvalue weighted by Gasteiger charge is -2.02. The Morgan fingerprint density at radius 2 is 2.20 bits per heavy atom. The third kappa shape index (κ3) is 1.52. The third-order valence-corrected chi connectivity index (χ3v) is 3.37. The van der Waals surface area contributed by atoms with E-state index in [0.717, 1.165) is 11.3 Å². The van der Waals surface area contributed by atoms with Gasteiger partial charge in [0.2, 0.25) is 0 Å². The van der Waals surface area contributed by atoms with E-state index in [2.05, 4.69) is 4.98 Å². The Morgan fingerprint density at radius 1 is 1.53 bits per heavy atom. The monoisotopic (exact) mass is 205 g/mol. The summed E-state index contributed by atoms with van der Waals surface area (Å²) in [5.74, 6) is -0.810. The molecule has 0 aliphatic heterocycles. The van der Waals surface area contributed by atoms with Crippen molar-refractivity contribution in [3.05, 3.63) is 29.6 Å². The largest absolute Gasteiger partial charge is 0.481 e. The quantitative estimate of drug-likeness (QED) is 0.805. The lowest BCUT2D eigenvalue weighted by molar-refractivity contribution is -0.139. The lowest BCUT2D eigenvalue weighted by Crippen LogP contribution is -2.03. The number of carbonyl (C=O) groups is 1. The number of hydrogen-bond acceptors (Lipinski definition) is 2. The first-order valence-electron chi connectivity index (χ1n) is 5.10. The van der Waals surface area contributed by atoms with Crippen molar-refractivity contribution in [1.82, 2.24) is 4.98 Å². The molecule has 2 atom stereocenters. The van der Waals surface area contributed by atoms with E-state index < -0.39 is 5.97 Å². The van der Waals surface area contributed by atoms with Crippen molar-refractivity contribution >= 4 is 5.97 Å². The Balaban J connectivity index is 2.31. The maximum absolute atomic E-state index is 11.0. The summed E-state index contributed by atoms with van der Waals surface area (Å²) in [5.41, 5.74) is 1.92. The first kappa shape index (κ1) is 10.1. The summed E-state index contributed by atoms with van der Waals surface area (Å²) in [6, 6.07) is 3.90. The van der Waals surface area contributed by atoms with Gasteiger partial charge in [-0.1, -0.05) is 13.8 Å². The van der Waals surface area contributed by atoms with Gasteiger partial charge >= 0.3 is 5.97 Å². The molecule has 1 aromatic heterocycles. The topological polar surface area (TPSA) is 50.2 Å². The molecule has 2 rings (SSSR count). The first-order chi connectivity index (χ1) is 6.94.